The van der Waals surface area contributed by atoms with Gasteiger partial charge in [0.2, 0.25) is 5.91 Å². The van der Waals surface area contributed by atoms with Crippen LogP contribution in [0.15, 0.2) is 29.8 Å². The van der Waals surface area contributed by atoms with Gasteiger partial charge in [0, 0.05) is 31.1 Å². The predicted molar refractivity (Wildman–Crippen MR) is 90.0 cm³/mol. The van der Waals surface area contributed by atoms with Crippen molar-refractivity contribution in [2.45, 2.75) is 25.4 Å². The molecule has 2 fully saturated rings. The number of nitrogens with one attached hydrogen (secondary N) is 1. The zero-order chi connectivity index (χ0) is 16.5. The summed E-state index contributed by atoms with van der Waals surface area (Å²) >= 11 is 1.37. The molecule has 8 heteroatoms. The van der Waals surface area contributed by atoms with Gasteiger partial charge in [-0.15, -0.1) is 11.3 Å². The lowest BCUT2D eigenvalue weighted by Gasteiger charge is -2.39. The molecule has 0 aromatic carbocycles. The molecule has 0 spiro atoms. The van der Waals surface area contributed by atoms with Gasteiger partial charge in [-0.1, -0.05) is 6.07 Å². The lowest BCUT2D eigenvalue weighted by molar-refractivity contribution is -0.139. The second-order valence-electron chi connectivity index (χ2n) is 5.84. The summed E-state index contributed by atoms with van der Waals surface area (Å²) < 4.78 is 0. The van der Waals surface area contributed by atoms with Crippen molar-refractivity contribution in [3.05, 3.63) is 35.5 Å². The zero-order valence-electron chi connectivity index (χ0n) is 13.0. The number of rotatable bonds is 3. The average molecular weight is 343 g/mol. The van der Waals surface area contributed by atoms with Gasteiger partial charge in [0.05, 0.1) is 0 Å². The molecule has 24 heavy (non-hydrogen) atoms. The third kappa shape index (κ3) is 2.73. The van der Waals surface area contributed by atoms with E-state index in [-0.39, 0.29) is 18.0 Å². The summed E-state index contributed by atoms with van der Waals surface area (Å²) in [5.74, 6) is 0.735. The molecule has 4 rings (SSSR count). The molecule has 2 aromatic heterocycles. The van der Waals surface area contributed by atoms with Crippen LogP contribution in [0.2, 0.25) is 0 Å². The normalized spacial score (nSPS) is 20.2. The first-order valence-corrected chi connectivity index (χ1v) is 8.84. The molecule has 1 atom stereocenters. The molecular formula is C16H17N5O2S. The minimum Gasteiger partial charge on any atom is -0.322 e. The Morgan fingerprint density at radius 2 is 2.25 bits per heavy atom. The second-order valence-corrected chi connectivity index (χ2v) is 6.69. The van der Waals surface area contributed by atoms with E-state index in [1.54, 1.807) is 16.5 Å². The van der Waals surface area contributed by atoms with Gasteiger partial charge in [-0.05, 0) is 25.0 Å². The lowest BCUT2D eigenvalue weighted by Crippen LogP contribution is -2.55. The van der Waals surface area contributed by atoms with Gasteiger partial charge in [0.25, 0.3) is 5.91 Å². The van der Waals surface area contributed by atoms with Gasteiger partial charge in [-0.3, -0.25) is 9.59 Å². The first kappa shape index (κ1) is 15.1. The Morgan fingerprint density at radius 1 is 1.33 bits per heavy atom. The van der Waals surface area contributed by atoms with Crippen LogP contribution in [0.25, 0.3) is 0 Å². The molecule has 0 aliphatic carbocycles. The fourth-order valence-corrected chi connectivity index (χ4v) is 3.92. The number of amides is 2. The molecule has 0 radical (unpaired) electrons. The third-order valence-electron chi connectivity index (χ3n) is 4.35. The molecule has 2 aliphatic rings. The minimum absolute atomic E-state index is 0.104. The molecule has 2 saturated heterocycles. The first-order valence-electron chi connectivity index (χ1n) is 7.96. The Bertz CT molecular complexity index is 763. The van der Waals surface area contributed by atoms with Gasteiger partial charge < -0.3 is 15.1 Å². The first-order chi connectivity index (χ1) is 11.7. The molecule has 4 heterocycles. The quantitative estimate of drug-likeness (QED) is 0.923. The highest BCUT2D eigenvalue weighted by molar-refractivity contribution is 7.14. The maximum atomic E-state index is 12.8. The number of carbonyl (C=O) groups is 2. The summed E-state index contributed by atoms with van der Waals surface area (Å²) in [5.41, 5.74) is 0.416. The van der Waals surface area contributed by atoms with Crippen molar-refractivity contribution >= 4 is 34.1 Å². The van der Waals surface area contributed by atoms with Crippen LogP contribution in [-0.2, 0) is 4.79 Å². The van der Waals surface area contributed by atoms with E-state index < -0.39 is 0 Å². The fraction of sp³-hybridized carbons (Fsp3) is 0.375. The van der Waals surface area contributed by atoms with E-state index >= 15 is 0 Å². The molecule has 7 nitrogen and oxygen atoms in total. The van der Waals surface area contributed by atoms with Crippen LogP contribution >= 0.6 is 11.3 Å². The van der Waals surface area contributed by atoms with Crippen LogP contribution in [0, 0.1) is 0 Å². The summed E-state index contributed by atoms with van der Waals surface area (Å²) in [6.07, 6.45) is 3.78. The Labute approximate surface area is 143 Å². The van der Waals surface area contributed by atoms with E-state index in [1.807, 2.05) is 23.1 Å². The standard InChI is InChI=1S/C16H17N5O2S/c22-14-6-9-21(13-5-3-8-20(13)14)15(23)11-10-24-16(18-11)19-12-4-1-2-7-17-12/h1-2,4,7,10,13H,3,5-6,8-9H2,(H,17,18,19). The van der Waals surface area contributed by atoms with E-state index in [0.29, 0.717) is 29.6 Å². The van der Waals surface area contributed by atoms with Crippen LogP contribution in [-0.4, -0.2) is 50.8 Å². The van der Waals surface area contributed by atoms with Crippen molar-refractivity contribution in [3.63, 3.8) is 0 Å². The summed E-state index contributed by atoms with van der Waals surface area (Å²) in [6.45, 7) is 1.22. The molecule has 1 N–H and O–H groups in total. The SMILES string of the molecule is O=C1CCN(C(=O)c2csc(Nc3ccccn3)n2)C2CCCN12. The fourth-order valence-electron chi connectivity index (χ4n) is 3.23. The smallest absolute Gasteiger partial charge is 0.275 e. The number of anilines is 2. The Hall–Kier alpha value is -2.48. The van der Waals surface area contributed by atoms with E-state index in [1.165, 1.54) is 11.3 Å². The highest BCUT2D eigenvalue weighted by Gasteiger charge is 2.40. The summed E-state index contributed by atoms with van der Waals surface area (Å²) in [6, 6.07) is 5.57. The molecule has 0 saturated carbocycles. The lowest BCUT2D eigenvalue weighted by atomic mass is 10.2. The third-order valence-corrected chi connectivity index (χ3v) is 5.11. The number of aromatic nitrogens is 2. The number of fused-ring (bicyclic) bond motifs is 1. The van der Waals surface area contributed by atoms with Gasteiger partial charge in [0.15, 0.2) is 5.13 Å². The summed E-state index contributed by atoms with van der Waals surface area (Å²) in [5, 5.41) is 5.48. The van der Waals surface area contributed by atoms with Crippen molar-refractivity contribution in [3.8, 4) is 0 Å². The van der Waals surface area contributed by atoms with E-state index in [2.05, 4.69) is 15.3 Å². The molecule has 2 aromatic rings. The molecule has 124 valence electrons. The summed E-state index contributed by atoms with van der Waals surface area (Å²) in [4.78, 5) is 36.9. The average Bonchev–Trinajstić information content (AvgIpc) is 3.25. The van der Waals surface area contributed by atoms with Crippen LogP contribution in [0.3, 0.4) is 0 Å². The maximum Gasteiger partial charge on any atom is 0.275 e. The second kappa shape index (κ2) is 6.20. The Balaban J connectivity index is 1.50. The molecule has 1 unspecified atom stereocenters. The molecule has 2 amide bonds. The number of hydrogen-bond acceptors (Lipinski definition) is 6. The largest absolute Gasteiger partial charge is 0.322 e. The number of pyridine rings is 1. The number of thiazole rings is 1. The van der Waals surface area contributed by atoms with Crippen LogP contribution in [0.4, 0.5) is 10.9 Å². The van der Waals surface area contributed by atoms with E-state index in [9.17, 15) is 9.59 Å². The van der Waals surface area contributed by atoms with Crippen LogP contribution in [0.5, 0.6) is 0 Å². The molecule has 2 aliphatic heterocycles. The monoisotopic (exact) mass is 343 g/mol. The van der Waals surface area contributed by atoms with Crippen molar-refractivity contribution < 1.29 is 9.59 Å². The van der Waals surface area contributed by atoms with Crippen LogP contribution in [0.1, 0.15) is 29.8 Å². The molecular weight excluding hydrogens is 326 g/mol. The van der Waals surface area contributed by atoms with Gasteiger partial charge >= 0.3 is 0 Å². The Kier molecular flexibility index (Phi) is 3.89. The number of carbonyl (C=O) groups excluding carboxylic acids is 2. The van der Waals surface area contributed by atoms with Gasteiger partial charge in [0.1, 0.15) is 17.7 Å². The van der Waals surface area contributed by atoms with Crippen molar-refractivity contribution in [1.29, 1.82) is 0 Å². The van der Waals surface area contributed by atoms with E-state index in [0.717, 1.165) is 19.4 Å². The number of nitrogens with zero attached hydrogens (tertiary/aromatic N) is 4. The highest BCUT2D eigenvalue weighted by atomic mass is 32.1. The molecule has 0 bridgehead atoms. The van der Waals surface area contributed by atoms with Crippen molar-refractivity contribution in [1.82, 2.24) is 19.8 Å². The predicted octanol–water partition coefficient (Wildman–Crippen LogP) is 2.08. The van der Waals surface area contributed by atoms with Gasteiger partial charge in [-0.2, -0.15) is 0 Å². The number of hydrogen-bond donors (Lipinski definition) is 1. The topological polar surface area (TPSA) is 78.4 Å². The summed E-state index contributed by atoms with van der Waals surface area (Å²) in [7, 11) is 0. The zero-order valence-corrected chi connectivity index (χ0v) is 13.8. The van der Waals surface area contributed by atoms with Gasteiger partial charge in [-0.25, -0.2) is 9.97 Å². The Morgan fingerprint density at radius 3 is 3.08 bits per heavy atom. The van der Waals surface area contributed by atoms with Crippen LogP contribution < -0.4 is 5.32 Å². The van der Waals surface area contributed by atoms with Crippen molar-refractivity contribution in [2.75, 3.05) is 18.4 Å². The van der Waals surface area contributed by atoms with Crippen molar-refractivity contribution in [2.24, 2.45) is 0 Å². The highest BCUT2D eigenvalue weighted by Crippen LogP contribution is 2.28. The van der Waals surface area contributed by atoms with E-state index in [4.69, 9.17) is 0 Å². The minimum atomic E-state index is -0.107. The maximum absolute atomic E-state index is 12.8.